The first kappa shape index (κ1) is 16.0. The van der Waals surface area contributed by atoms with Gasteiger partial charge >= 0.3 is 0 Å². The monoisotopic (exact) mass is 369 g/mol. The predicted octanol–water partition coefficient (Wildman–Crippen LogP) is 4.29. The molecule has 4 aromatic rings. The number of thiophene rings is 1. The molecule has 0 bridgehead atoms. The summed E-state index contributed by atoms with van der Waals surface area (Å²) in [6.07, 6.45) is 0. The van der Waals surface area contributed by atoms with Gasteiger partial charge in [0.15, 0.2) is 11.0 Å². The molecule has 0 radical (unpaired) electrons. The lowest BCUT2D eigenvalue weighted by atomic mass is 10.2. The van der Waals surface area contributed by atoms with Crippen LogP contribution in [0.3, 0.4) is 0 Å². The fourth-order valence-corrected chi connectivity index (χ4v) is 3.95. The standard InChI is InChI=1S/C17H15N5OS2/c1-11-6-3-4-7-13(11)22-12(2)19-20-17(22)25-10-15-18-16(23-21-15)14-8-5-9-24-14/h3-9H,10H2,1-2H3. The highest BCUT2D eigenvalue weighted by Gasteiger charge is 2.15. The molecular weight excluding hydrogens is 354 g/mol. The summed E-state index contributed by atoms with van der Waals surface area (Å²) in [5.74, 6) is 2.62. The van der Waals surface area contributed by atoms with Crippen molar-refractivity contribution in [1.82, 2.24) is 24.9 Å². The molecule has 0 saturated heterocycles. The van der Waals surface area contributed by atoms with Crippen molar-refractivity contribution in [2.75, 3.05) is 0 Å². The van der Waals surface area contributed by atoms with E-state index in [1.165, 1.54) is 5.56 Å². The second kappa shape index (κ2) is 6.81. The number of rotatable bonds is 5. The summed E-state index contributed by atoms with van der Waals surface area (Å²) < 4.78 is 7.39. The highest BCUT2D eigenvalue weighted by atomic mass is 32.2. The Hall–Kier alpha value is -2.45. The van der Waals surface area contributed by atoms with E-state index in [0.29, 0.717) is 17.5 Å². The van der Waals surface area contributed by atoms with Gasteiger partial charge in [0.05, 0.1) is 16.3 Å². The number of aryl methyl sites for hydroxylation is 2. The molecule has 0 N–H and O–H groups in total. The Bertz CT molecular complexity index is 990. The van der Waals surface area contributed by atoms with Gasteiger partial charge in [0, 0.05) is 0 Å². The topological polar surface area (TPSA) is 69.6 Å². The summed E-state index contributed by atoms with van der Waals surface area (Å²) in [5, 5.41) is 15.4. The van der Waals surface area contributed by atoms with Crippen molar-refractivity contribution in [1.29, 1.82) is 0 Å². The maximum atomic E-state index is 5.33. The highest BCUT2D eigenvalue weighted by Crippen LogP contribution is 2.27. The van der Waals surface area contributed by atoms with Crippen LogP contribution in [0.5, 0.6) is 0 Å². The van der Waals surface area contributed by atoms with E-state index in [4.69, 9.17) is 4.52 Å². The summed E-state index contributed by atoms with van der Waals surface area (Å²) in [5.41, 5.74) is 2.26. The van der Waals surface area contributed by atoms with Crippen molar-refractivity contribution in [2.45, 2.75) is 24.8 Å². The van der Waals surface area contributed by atoms with Crippen LogP contribution >= 0.6 is 23.1 Å². The summed E-state index contributed by atoms with van der Waals surface area (Å²) >= 11 is 3.12. The molecule has 8 heteroatoms. The van der Waals surface area contributed by atoms with Gasteiger partial charge in [0.25, 0.3) is 5.89 Å². The van der Waals surface area contributed by atoms with Crippen LogP contribution in [0.15, 0.2) is 51.5 Å². The van der Waals surface area contributed by atoms with E-state index in [1.807, 2.05) is 36.6 Å². The van der Waals surface area contributed by atoms with Crippen LogP contribution < -0.4 is 0 Å². The SMILES string of the molecule is Cc1ccccc1-n1c(C)nnc1SCc1noc(-c2cccs2)n1. The van der Waals surface area contributed by atoms with Crippen molar-refractivity contribution >= 4 is 23.1 Å². The van der Waals surface area contributed by atoms with Gasteiger partial charge in [0.2, 0.25) is 0 Å². The minimum Gasteiger partial charge on any atom is -0.333 e. The van der Waals surface area contributed by atoms with Gasteiger partial charge in [-0.15, -0.1) is 21.5 Å². The lowest BCUT2D eigenvalue weighted by molar-refractivity contribution is 0.426. The van der Waals surface area contributed by atoms with Crippen molar-refractivity contribution in [2.24, 2.45) is 0 Å². The number of thioether (sulfide) groups is 1. The largest absolute Gasteiger partial charge is 0.333 e. The summed E-state index contributed by atoms with van der Waals surface area (Å²) in [6, 6.07) is 12.1. The second-order valence-electron chi connectivity index (χ2n) is 5.43. The molecular formula is C17H15N5OS2. The minimum absolute atomic E-state index is 0.558. The molecule has 0 saturated carbocycles. The highest BCUT2D eigenvalue weighted by molar-refractivity contribution is 7.98. The van der Waals surface area contributed by atoms with Gasteiger partial charge in [-0.1, -0.05) is 41.2 Å². The molecule has 4 rings (SSSR count). The van der Waals surface area contributed by atoms with Crippen LogP contribution in [0.1, 0.15) is 17.2 Å². The number of aromatic nitrogens is 5. The molecule has 1 aromatic carbocycles. The van der Waals surface area contributed by atoms with Gasteiger partial charge in [0.1, 0.15) is 5.82 Å². The Kier molecular flexibility index (Phi) is 4.37. The first-order valence-corrected chi connectivity index (χ1v) is 9.56. The molecule has 0 amide bonds. The third-order valence-electron chi connectivity index (χ3n) is 3.68. The second-order valence-corrected chi connectivity index (χ2v) is 7.32. The van der Waals surface area contributed by atoms with E-state index in [-0.39, 0.29) is 0 Å². The van der Waals surface area contributed by atoms with Gasteiger partial charge in [-0.25, -0.2) is 0 Å². The Morgan fingerprint density at radius 1 is 1.12 bits per heavy atom. The van der Waals surface area contributed by atoms with E-state index in [1.54, 1.807) is 23.1 Å². The lowest BCUT2D eigenvalue weighted by Crippen LogP contribution is -2.01. The molecule has 3 heterocycles. The lowest BCUT2D eigenvalue weighted by Gasteiger charge is -2.10. The first-order chi connectivity index (χ1) is 12.2. The first-order valence-electron chi connectivity index (χ1n) is 7.69. The zero-order valence-corrected chi connectivity index (χ0v) is 15.3. The summed E-state index contributed by atoms with van der Waals surface area (Å²) in [4.78, 5) is 5.42. The van der Waals surface area contributed by atoms with Crippen LogP contribution in [0.4, 0.5) is 0 Å². The fraction of sp³-hybridized carbons (Fsp3) is 0.176. The van der Waals surface area contributed by atoms with Gasteiger partial charge < -0.3 is 4.52 Å². The zero-order chi connectivity index (χ0) is 17.2. The van der Waals surface area contributed by atoms with Crippen LogP contribution in [0, 0.1) is 13.8 Å². The molecule has 25 heavy (non-hydrogen) atoms. The molecule has 0 aliphatic heterocycles. The quantitative estimate of drug-likeness (QED) is 0.489. The van der Waals surface area contributed by atoms with E-state index in [0.717, 1.165) is 21.5 Å². The van der Waals surface area contributed by atoms with Crippen LogP contribution in [0.2, 0.25) is 0 Å². The molecule has 3 aromatic heterocycles. The van der Waals surface area contributed by atoms with E-state index >= 15 is 0 Å². The predicted molar refractivity (Wildman–Crippen MR) is 98.0 cm³/mol. The van der Waals surface area contributed by atoms with Gasteiger partial charge in [-0.2, -0.15) is 4.98 Å². The Morgan fingerprint density at radius 3 is 2.80 bits per heavy atom. The average Bonchev–Trinajstić information content (AvgIpc) is 3.34. The van der Waals surface area contributed by atoms with Crippen LogP contribution in [-0.2, 0) is 5.75 Å². The average molecular weight is 369 g/mol. The normalized spacial score (nSPS) is 11.1. The van der Waals surface area contributed by atoms with Crippen LogP contribution in [-0.4, -0.2) is 24.9 Å². The molecule has 6 nitrogen and oxygen atoms in total. The van der Waals surface area contributed by atoms with Gasteiger partial charge in [-0.3, -0.25) is 4.57 Å². The van der Waals surface area contributed by atoms with E-state index < -0.39 is 0 Å². The van der Waals surface area contributed by atoms with Crippen molar-refractivity contribution < 1.29 is 4.52 Å². The third kappa shape index (κ3) is 3.22. The maximum absolute atomic E-state index is 5.33. The summed E-state index contributed by atoms with van der Waals surface area (Å²) in [6.45, 7) is 4.03. The zero-order valence-electron chi connectivity index (χ0n) is 13.7. The number of benzene rings is 1. The Balaban J connectivity index is 1.56. The Labute approximate surface area is 152 Å². The van der Waals surface area contributed by atoms with Crippen molar-refractivity contribution in [3.63, 3.8) is 0 Å². The number of para-hydroxylation sites is 1. The minimum atomic E-state index is 0.558. The molecule has 0 unspecified atom stereocenters. The molecule has 126 valence electrons. The molecule has 0 atom stereocenters. The van der Waals surface area contributed by atoms with Crippen molar-refractivity contribution in [3.8, 4) is 16.5 Å². The van der Waals surface area contributed by atoms with Crippen LogP contribution in [0.25, 0.3) is 16.5 Å². The summed E-state index contributed by atoms with van der Waals surface area (Å²) in [7, 11) is 0. The number of hydrogen-bond donors (Lipinski definition) is 0. The smallest absolute Gasteiger partial charge is 0.268 e. The fourth-order valence-electron chi connectivity index (χ4n) is 2.47. The molecule has 0 fully saturated rings. The van der Waals surface area contributed by atoms with E-state index in [9.17, 15) is 0 Å². The maximum Gasteiger partial charge on any atom is 0.268 e. The van der Waals surface area contributed by atoms with Gasteiger partial charge in [-0.05, 0) is 36.9 Å². The molecule has 0 aliphatic carbocycles. The van der Waals surface area contributed by atoms with E-state index in [2.05, 4.69) is 44.0 Å². The number of hydrogen-bond acceptors (Lipinski definition) is 7. The third-order valence-corrected chi connectivity index (χ3v) is 5.46. The van der Waals surface area contributed by atoms with Crippen molar-refractivity contribution in [3.05, 3.63) is 59.0 Å². The molecule has 0 spiro atoms. The number of nitrogens with zero attached hydrogens (tertiary/aromatic N) is 5. The molecule has 0 aliphatic rings. The Morgan fingerprint density at radius 2 is 2.00 bits per heavy atom.